The van der Waals surface area contributed by atoms with Crippen molar-refractivity contribution in [2.24, 2.45) is 5.73 Å². The molecule has 0 bridgehead atoms. The molecule has 2 aromatic heterocycles. The Bertz CT molecular complexity index is 462. The molecule has 0 aliphatic carbocycles. The van der Waals surface area contributed by atoms with Gasteiger partial charge in [-0.3, -0.25) is 0 Å². The van der Waals surface area contributed by atoms with E-state index in [4.69, 9.17) is 5.73 Å². The van der Waals surface area contributed by atoms with E-state index in [1.165, 1.54) is 20.7 Å². The SMILES string of the molecule is Cl.NCCn1nnn(-c2cccs2)c1=O. The molecule has 2 aromatic rings. The van der Waals surface area contributed by atoms with E-state index in [2.05, 4.69) is 10.4 Å². The van der Waals surface area contributed by atoms with Crippen LogP contribution in [0.5, 0.6) is 0 Å². The molecule has 2 N–H and O–H groups in total. The summed E-state index contributed by atoms with van der Waals surface area (Å²) in [4.78, 5) is 11.6. The van der Waals surface area contributed by atoms with Crippen LogP contribution in [-0.2, 0) is 6.54 Å². The molecule has 8 heteroatoms. The van der Waals surface area contributed by atoms with Gasteiger partial charge in [0.25, 0.3) is 0 Å². The van der Waals surface area contributed by atoms with Gasteiger partial charge in [-0.05, 0) is 27.9 Å². The molecule has 0 amide bonds. The minimum absolute atomic E-state index is 0. The first-order chi connectivity index (χ1) is 6.83. The van der Waals surface area contributed by atoms with Gasteiger partial charge in [0.2, 0.25) is 0 Å². The van der Waals surface area contributed by atoms with Gasteiger partial charge in [0.1, 0.15) is 5.00 Å². The van der Waals surface area contributed by atoms with E-state index in [0.717, 1.165) is 5.00 Å². The second kappa shape index (κ2) is 5.06. The fraction of sp³-hybridized carbons (Fsp3) is 0.286. The van der Waals surface area contributed by atoms with Crippen molar-refractivity contribution in [2.45, 2.75) is 6.54 Å². The van der Waals surface area contributed by atoms with Gasteiger partial charge in [0.05, 0.1) is 6.54 Å². The molecule has 0 saturated carbocycles. The molecule has 15 heavy (non-hydrogen) atoms. The van der Waals surface area contributed by atoms with Crippen LogP contribution in [0, 0.1) is 0 Å². The second-order valence-corrected chi connectivity index (χ2v) is 3.56. The van der Waals surface area contributed by atoms with Crippen LogP contribution in [-0.4, -0.2) is 26.3 Å². The maximum Gasteiger partial charge on any atom is 0.369 e. The molecule has 0 aliphatic heterocycles. The van der Waals surface area contributed by atoms with Gasteiger partial charge in [0, 0.05) is 6.54 Å². The molecule has 0 aromatic carbocycles. The molecule has 0 spiro atoms. The van der Waals surface area contributed by atoms with Crippen LogP contribution in [0.15, 0.2) is 22.3 Å². The summed E-state index contributed by atoms with van der Waals surface area (Å²) in [6.07, 6.45) is 0. The number of hydrogen-bond donors (Lipinski definition) is 1. The molecule has 2 heterocycles. The van der Waals surface area contributed by atoms with Crippen LogP contribution in [0.3, 0.4) is 0 Å². The molecule has 0 atom stereocenters. The van der Waals surface area contributed by atoms with Crippen molar-refractivity contribution in [3.8, 4) is 5.00 Å². The van der Waals surface area contributed by atoms with Gasteiger partial charge in [0.15, 0.2) is 0 Å². The summed E-state index contributed by atoms with van der Waals surface area (Å²) in [7, 11) is 0. The Balaban J connectivity index is 0.00000112. The second-order valence-electron chi connectivity index (χ2n) is 2.64. The lowest BCUT2D eigenvalue weighted by Gasteiger charge is -1.92. The van der Waals surface area contributed by atoms with E-state index in [9.17, 15) is 4.79 Å². The van der Waals surface area contributed by atoms with Crippen LogP contribution >= 0.6 is 23.7 Å². The van der Waals surface area contributed by atoms with Crippen LogP contribution < -0.4 is 11.4 Å². The largest absolute Gasteiger partial charge is 0.369 e. The fourth-order valence-electron chi connectivity index (χ4n) is 1.07. The van der Waals surface area contributed by atoms with Crippen molar-refractivity contribution in [2.75, 3.05) is 6.54 Å². The Hall–Kier alpha value is -1.18. The molecular formula is C7H10ClN5OS. The molecule has 2 rings (SSSR count). The Labute approximate surface area is 95.7 Å². The predicted molar refractivity (Wildman–Crippen MR) is 59.8 cm³/mol. The smallest absolute Gasteiger partial charge is 0.329 e. The van der Waals surface area contributed by atoms with Crippen LogP contribution in [0.25, 0.3) is 5.00 Å². The van der Waals surface area contributed by atoms with Crippen LogP contribution in [0.1, 0.15) is 0 Å². The van der Waals surface area contributed by atoms with Gasteiger partial charge in [-0.15, -0.1) is 23.7 Å². The number of halogens is 1. The molecule has 0 fully saturated rings. The average Bonchev–Trinajstić information content (AvgIpc) is 2.77. The average molecular weight is 248 g/mol. The zero-order valence-electron chi connectivity index (χ0n) is 7.74. The first-order valence-electron chi connectivity index (χ1n) is 4.09. The van der Waals surface area contributed by atoms with Crippen molar-refractivity contribution in [1.29, 1.82) is 0 Å². The lowest BCUT2D eigenvalue weighted by Crippen LogP contribution is -2.26. The van der Waals surface area contributed by atoms with Gasteiger partial charge in [-0.1, -0.05) is 0 Å². The minimum atomic E-state index is -0.252. The summed E-state index contributed by atoms with van der Waals surface area (Å²) in [5.41, 5.74) is 5.07. The standard InChI is InChI=1S/C7H9N5OS.ClH/c8-3-4-11-7(13)12(10-9-11)6-2-1-5-14-6;/h1-2,5H,3-4,8H2;1H. The predicted octanol–water partition coefficient (Wildman–Crippen LogP) is -0.129. The van der Waals surface area contributed by atoms with E-state index < -0.39 is 0 Å². The molecule has 0 aliphatic rings. The third kappa shape index (κ3) is 2.25. The van der Waals surface area contributed by atoms with E-state index in [1.807, 2.05) is 17.5 Å². The zero-order valence-corrected chi connectivity index (χ0v) is 9.37. The van der Waals surface area contributed by atoms with Crippen molar-refractivity contribution in [3.63, 3.8) is 0 Å². The first-order valence-corrected chi connectivity index (χ1v) is 4.97. The number of aromatic nitrogens is 4. The summed E-state index contributed by atoms with van der Waals surface area (Å²) in [5, 5.41) is 10.1. The normalized spacial score (nSPS) is 9.93. The van der Waals surface area contributed by atoms with Crippen LogP contribution in [0.2, 0.25) is 0 Å². The highest BCUT2D eigenvalue weighted by atomic mass is 35.5. The van der Waals surface area contributed by atoms with Gasteiger partial charge >= 0.3 is 5.69 Å². The highest BCUT2D eigenvalue weighted by molar-refractivity contribution is 7.12. The van der Waals surface area contributed by atoms with Gasteiger partial charge < -0.3 is 5.73 Å². The quantitative estimate of drug-likeness (QED) is 0.820. The van der Waals surface area contributed by atoms with Gasteiger partial charge in [-0.2, -0.15) is 9.36 Å². The lowest BCUT2D eigenvalue weighted by molar-refractivity contribution is 0.583. The minimum Gasteiger partial charge on any atom is -0.329 e. The van der Waals surface area contributed by atoms with Crippen molar-refractivity contribution in [3.05, 3.63) is 28.0 Å². The van der Waals surface area contributed by atoms with E-state index in [-0.39, 0.29) is 18.1 Å². The van der Waals surface area contributed by atoms with Crippen LogP contribution in [0.4, 0.5) is 0 Å². The number of tetrazole rings is 1. The molecule has 0 radical (unpaired) electrons. The number of nitrogens with two attached hydrogens (primary N) is 1. The van der Waals surface area contributed by atoms with Crippen molar-refractivity contribution in [1.82, 2.24) is 19.8 Å². The summed E-state index contributed by atoms with van der Waals surface area (Å²) in [6, 6.07) is 3.67. The summed E-state index contributed by atoms with van der Waals surface area (Å²) in [6.45, 7) is 0.771. The Morgan fingerprint density at radius 2 is 2.27 bits per heavy atom. The molecule has 6 nitrogen and oxygen atoms in total. The Morgan fingerprint density at radius 3 is 2.87 bits per heavy atom. The number of nitrogens with zero attached hydrogens (tertiary/aromatic N) is 4. The summed E-state index contributed by atoms with van der Waals surface area (Å²) in [5.74, 6) is 0. The third-order valence-electron chi connectivity index (χ3n) is 1.70. The Kier molecular flexibility index (Phi) is 4.01. The third-order valence-corrected chi connectivity index (χ3v) is 2.54. The summed E-state index contributed by atoms with van der Waals surface area (Å²) >= 11 is 1.44. The maximum atomic E-state index is 11.6. The molecular weight excluding hydrogens is 238 g/mol. The summed E-state index contributed by atoms with van der Waals surface area (Å²) < 4.78 is 2.51. The fourth-order valence-corrected chi connectivity index (χ4v) is 1.73. The highest BCUT2D eigenvalue weighted by Crippen LogP contribution is 2.10. The van der Waals surface area contributed by atoms with Crippen molar-refractivity contribution >= 4 is 23.7 Å². The van der Waals surface area contributed by atoms with E-state index >= 15 is 0 Å². The number of thiophene rings is 1. The number of hydrogen-bond acceptors (Lipinski definition) is 5. The lowest BCUT2D eigenvalue weighted by atomic mass is 10.6. The van der Waals surface area contributed by atoms with Crippen molar-refractivity contribution < 1.29 is 0 Å². The molecule has 82 valence electrons. The monoisotopic (exact) mass is 247 g/mol. The topological polar surface area (TPSA) is 78.7 Å². The van der Waals surface area contributed by atoms with E-state index in [1.54, 1.807) is 0 Å². The maximum absolute atomic E-state index is 11.6. The van der Waals surface area contributed by atoms with Gasteiger partial charge in [-0.25, -0.2) is 4.79 Å². The molecule has 0 saturated heterocycles. The highest BCUT2D eigenvalue weighted by Gasteiger charge is 2.07. The Morgan fingerprint density at radius 1 is 1.47 bits per heavy atom. The zero-order chi connectivity index (χ0) is 9.97. The number of rotatable bonds is 3. The first kappa shape index (κ1) is 11.9. The van der Waals surface area contributed by atoms with E-state index in [0.29, 0.717) is 13.1 Å². The molecule has 0 unspecified atom stereocenters.